The maximum atomic E-state index is 12.3. The highest BCUT2D eigenvalue weighted by Crippen LogP contribution is 2.22. The third-order valence-electron chi connectivity index (χ3n) is 5.60. The summed E-state index contributed by atoms with van der Waals surface area (Å²) in [5.41, 5.74) is 2.42. The van der Waals surface area contributed by atoms with Crippen LogP contribution in [0.2, 0.25) is 0 Å². The van der Waals surface area contributed by atoms with Crippen LogP contribution >= 0.6 is 11.8 Å². The van der Waals surface area contributed by atoms with Gasteiger partial charge in [-0.15, -0.1) is 0 Å². The van der Waals surface area contributed by atoms with Crippen molar-refractivity contribution in [2.45, 2.75) is 11.4 Å². The Hall–Kier alpha value is -3.26. The quantitative estimate of drug-likeness (QED) is 0.386. The molecule has 1 aliphatic heterocycles. The van der Waals surface area contributed by atoms with E-state index in [1.165, 1.54) is 17.4 Å². The van der Waals surface area contributed by atoms with Crippen LogP contribution in [0.15, 0.2) is 72.0 Å². The van der Waals surface area contributed by atoms with E-state index < -0.39 is 0 Å². The number of carbonyl (C=O) groups excluding carboxylic acids is 1. The number of carbonyl (C=O) groups is 1. The van der Waals surface area contributed by atoms with Crippen LogP contribution in [0.25, 0.3) is 0 Å². The molecule has 3 aromatic rings. The van der Waals surface area contributed by atoms with Gasteiger partial charge < -0.3 is 19.9 Å². The molecule has 2 aromatic carbocycles. The van der Waals surface area contributed by atoms with E-state index in [1.807, 2.05) is 36.4 Å². The Bertz CT molecular complexity index is 1020. The predicted octanol–water partition coefficient (Wildman–Crippen LogP) is 3.26. The molecule has 8 heteroatoms. The van der Waals surface area contributed by atoms with Crippen LogP contribution in [-0.4, -0.2) is 61.5 Å². The molecule has 172 valence electrons. The lowest BCUT2D eigenvalue weighted by atomic mass is 10.1. The number of nitrogens with zero attached hydrogens (tertiary/aromatic N) is 4. The second kappa shape index (κ2) is 11.6. The van der Waals surface area contributed by atoms with Crippen molar-refractivity contribution in [2.75, 3.05) is 55.4 Å². The lowest BCUT2D eigenvalue weighted by Crippen LogP contribution is -2.46. The van der Waals surface area contributed by atoms with Crippen LogP contribution in [0, 0.1) is 0 Å². The summed E-state index contributed by atoms with van der Waals surface area (Å²) in [5, 5.41) is 3.79. The van der Waals surface area contributed by atoms with Gasteiger partial charge in [-0.25, -0.2) is 9.97 Å². The summed E-state index contributed by atoms with van der Waals surface area (Å²) < 4.78 is 5.17. The minimum atomic E-state index is 0.00477. The SMILES string of the molecule is COc1ccc(CCNC(=O)CSc2cc(N3CCN(c4ccccc4)CC3)ncn2)cc1. The van der Waals surface area contributed by atoms with Crippen molar-refractivity contribution >= 4 is 29.2 Å². The van der Waals surface area contributed by atoms with Gasteiger partial charge in [0.25, 0.3) is 0 Å². The van der Waals surface area contributed by atoms with Crippen LogP contribution in [0.5, 0.6) is 5.75 Å². The molecular formula is C25H29N5O2S. The Balaban J connectivity index is 1.21. The molecule has 1 fully saturated rings. The van der Waals surface area contributed by atoms with Gasteiger partial charge >= 0.3 is 0 Å². The van der Waals surface area contributed by atoms with E-state index in [-0.39, 0.29) is 5.91 Å². The number of hydrogen-bond donors (Lipinski definition) is 1. The monoisotopic (exact) mass is 463 g/mol. The normalized spacial score (nSPS) is 13.6. The Labute approximate surface area is 199 Å². The van der Waals surface area contributed by atoms with Crippen LogP contribution in [0.3, 0.4) is 0 Å². The van der Waals surface area contributed by atoms with Gasteiger partial charge in [0, 0.05) is 44.5 Å². The predicted molar refractivity (Wildman–Crippen MR) is 133 cm³/mol. The number of benzene rings is 2. The second-order valence-electron chi connectivity index (χ2n) is 7.76. The zero-order valence-electron chi connectivity index (χ0n) is 18.8. The Kier molecular flexibility index (Phi) is 8.03. The van der Waals surface area contributed by atoms with E-state index >= 15 is 0 Å². The summed E-state index contributed by atoms with van der Waals surface area (Å²) in [6.45, 7) is 4.32. The van der Waals surface area contributed by atoms with Crippen LogP contribution in [0.4, 0.5) is 11.5 Å². The minimum absolute atomic E-state index is 0.00477. The van der Waals surface area contributed by atoms with Crippen molar-refractivity contribution in [3.05, 3.63) is 72.6 Å². The Morgan fingerprint density at radius 1 is 1.00 bits per heavy atom. The number of rotatable bonds is 9. The number of piperazine rings is 1. The maximum Gasteiger partial charge on any atom is 0.230 e. The fraction of sp³-hybridized carbons (Fsp3) is 0.320. The molecule has 7 nitrogen and oxygen atoms in total. The first-order valence-electron chi connectivity index (χ1n) is 11.1. The van der Waals surface area contributed by atoms with Crippen molar-refractivity contribution < 1.29 is 9.53 Å². The van der Waals surface area contributed by atoms with E-state index in [9.17, 15) is 4.79 Å². The summed E-state index contributed by atoms with van der Waals surface area (Å²) in [5.74, 6) is 2.09. The highest BCUT2D eigenvalue weighted by atomic mass is 32.2. The molecule has 0 unspecified atom stereocenters. The van der Waals surface area contributed by atoms with Crippen LogP contribution < -0.4 is 19.9 Å². The standard InChI is InChI=1S/C25H29N5O2S/c1-32-22-9-7-20(8-10-22)11-12-26-24(31)18-33-25-17-23(27-19-28-25)30-15-13-29(14-16-30)21-5-3-2-4-6-21/h2-10,17,19H,11-16,18H2,1H3,(H,26,31). The minimum Gasteiger partial charge on any atom is -0.497 e. The Morgan fingerprint density at radius 3 is 2.45 bits per heavy atom. The summed E-state index contributed by atoms with van der Waals surface area (Å²) in [6.07, 6.45) is 2.37. The zero-order valence-corrected chi connectivity index (χ0v) is 19.6. The molecule has 0 atom stereocenters. The fourth-order valence-corrected chi connectivity index (χ4v) is 4.43. The van der Waals surface area contributed by atoms with Gasteiger partial charge in [0.05, 0.1) is 12.9 Å². The number of methoxy groups -OCH3 is 1. The van der Waals surface area contributed by atoms with E-state index in [4.69, 9.17) is 4.74 Å². The Morgan fingerprint density at radius 2 is 1.73 bits per heavy atom. The highest BCUT2D eigenvalue weighted by molar-refractivity contribution is 7.99. The highest BCUT2D eigenvalue weighted by Gasteiger charge is 2.18. The summed E-state index contributed by atoms with van der Waals surface area (Å²) in [7, 11) is 1.65. The summed E-state index contributed by atoms with van der Waals surface area (Å²) in [6, 6.07) is 20.4. The molecule has 33 heavy (non-hydrogen) atoms. The molecule has 1 N–H and O–H groups in total. The molecule has 0 saturated carbocycles. The van der Waals surface area contributed by atoms with Gasteiger partial charge in [0.2, 0.25) is 5.91 Å². The number of aromatic nitrogens is 2. The second-order valence-corrected chi connectivity index (χ2v) is 8.76. The number of thioether (sulfide) groups is 1. The fourth-order valence-electron chi connectivity index (χ4n) is 3.74. The smallest absolute Gasteiger partial charge is 0.230 e. The number of ether oxygens (including phenoxy) is 1. The number of anilines is 2. The van der Waals surface area contributed by atoms with Crippen molar-refractivity contribution in [3.63, 3.8) is 0 Å². The average Bonchev–Trinajstić information content (AvgIpc) is 2.89. The molecule has 4 rings (SSSR count). The number of amides is 1. The summed E-state index contributed by atoms with van der Waals surface area (Å²) >= 11 is 1.44. The first kappa shape index (κ1) is 22.9. The molecule has 0 spiro atoms. The van der Waals surface area contributed by atoms with Crippen molar-refractivity contribution in [1.29, 1.82) is 0 Å². The zero-order chi connectivity index (χ0) is 22.9. The third kappa shape index (κ3) is 6.61. The van der Waals surface area contributed by atoms with Crippen LogP contribution in [0.1, 0.15) is 5.56 Å². The average molecular weight is 464 g/mol. The molecule has 2 heterocycles. The molecule has 1 saturated heterocycles. The molecule has 0 radical (unpaired) electrons. The van der Waals surface area contributed by atoms with E-state index in [0.29, 0.717) is 12.3 Å². The molecule has 1 aromatic heterocycles. The topological polar surface area (TPSA) is 70.6 Å². The number of hydrogen-bond acceptors (Lipinski definition) is 7. The molecule has 1 aliphatic rings. The van der Waals surface area contributed by atoms with Crippen LogP contribution in [-0.2, 0) is 11.2 Å². The molecule has 0 bridgehead atoms. The van der Waals surface area contributed by atoms with Gasteiger partial charge in [0.1, 0.15) is 22.9 Å². The maximum absolute atomic E-state index is 12.3. The molecular weight excluding hydrogens is 434 g/mol. The first-order valence-corrected chi connectivity index (χ1v) is 12.1. The molecule has 1 amide bonds. The van der Waals surface area contributed by atoms with Gasteiger partial charge in [-0.05, 0) is 36.2 Å². The summed E-state index contributed by atoms with van der Waals surface area (Å²) in [4.78, 5) is 25.7. The lowest BCUT2D eigenvalue weighted by Gasteiger charge is -2.36. The van der Waals surface area contributed by atoms with Crippen molar-refractivity contribution in [1.82, 2.24) is 15.3 Å². The van der Waals surface area contributed by atoms with Crippen molar-refractivity contribution in [3.8, 4) is 5.75 Å². The van der Waals surface area contributed by atoms with E-state index in [1.54, 1.807) is 13.4 Å². The van der Waals surface area contributed by atoms with Crippen molar-refractivity contribution in [2.24, 2.45) is 0 Å². The number of para-hydroxylation sites is 1. The van der Waals surface area contributed by atoms with Gasteiger partial charge in [-0.1, -0.05) is 42.1 Å². The number of nitrogens with one attached hydrogen (secondary N) is 1. The van der Waals surface area contributed by atoms with Gasteiger partial charge in [0.15, 0.2) is 0 Å². The molecule has 0 aliphatic carbocycles. The largest absolute Gasteiger partial charge is 0.497 e. The first-order chi connectivity index (χ1) is 16.2. The van der Waals surface area contributed by atoms with Gasteiger partial charge in [-0.3, -0.25) is 4.79 Å². The third-order valence-corrected chi connectivity index (χ3v) is 6.52. The van der Waals surface area contributed by atoms with E-state index in [0.717, 1.165) is 54.8 Å². The van der Waals surface area contributed by atoms with Gasteiger partial charge in [-0.2, -0.15) is 0 Å². The van der Waals surface area contributed by atoms with E-state index in [2.05, 4.69) is 49.4 Å². The lowest BCUT2D eigenvalue weighted by molar-refractivity contribution is -0.118.